The van der Waals surface area contributed by atoms with Crippen molar-refractivity contribution in [2.45, 2.75) is 0 Å². The SMILES string of the molecule is Cn1c2ccccc2c2ccc(-n3c4ccc(C#N)cc4c4cccc(C#N)c43)cc21. The number of hydrogen-bond acceptors (Lipinski definition) is 2. The number of rotatable bonds is 1. The second kappa shape index (κ2) is 6.23. The molecule has 4 nitrogen and oxygen atoms in total. The molecule has 2 heterocycles. The predicted molar refractivity (Wildman–Crippen MR) is 124 cm³/mol. The van der Waals surface area contributed by atoms with Gasteiger partial charge in [-0.05, 0) is 42.5 Å². The zero-order valence-electron chi connectivity index (χ0n) is 16.8. The zero-order valence-corrected chi connectivity index (χ0v) is 16.8. The summed E-state index contributed by atoms with van der Waals surface area (Å²) in [6.45, 7) is 0. The van der Waals surface area contributed by atoms with Gasteiger partial charge in [0, 0.05) is 39.8 Å². The Hall–Kier alpha value is -4.54. The van der Waals surface area contributed by atoms with Crippen LogP contribution in [0.5, 0.6) is 0 Å². The number of nitrogens with zero attached hydrogens (tertiary/aromatic N) is 4. The Morgan fingerprint density at radius 3 is 2.29 bits per heavy atom. The first-order valence-corrected chi connectivity index (χ1v) is 10.1. The fourth-order valence-corrected chi connectivity index (χ4v) is 4.78. The molecule has 0 N–H and O–H groups in total. The molecule has 0 fully saturated rings. The van der Waals surface area contributed by atoms with Gasteiger partial charge in [-0.2, -0.15) is 10.5 Å². The van der Waals surface area contributed by atoms with Crippen molar-refractivity contribution in [2.75, 3.05) is 0 Å². The van der Waals surface area contributed by atoms with Crippen LogP contribution in [0.2, 0.25) is 0 Å². The average molecular weight is 396 g/mol. The van der Waals surface area contributed by atoms with Gasteiger partial charge in [0.25, 0.3) is 0 Å². The van der Waals surface area contributed by atoms with Crippen LogP contribution < -0.4 is 0 Å². The van der Waals surface area contributed by atoms with Crippen LogP contribution in [0.25, 0.3) is 49.3 Å². The Kier molecular flexibility index (Phi) is 3.48. The van der Waals surface area contributed by atoms with Gasteiger partial charge in [-0.3, -0.25) is 0 Å². The van der Waals surface area contributed by atoms with Gasteiger partial charge in [0.05, 0.1) is 33.7 Å². The summed E-state index contributed by atoms with van der Waals surface area (Å²) >= 11 is 0. The van der Waals surface area contributed by atoms with Crippen molar-refractivity contribution in [3.8, 4) is 17.8 Å². The summed E-state index contributed by atoms with van der Waals surface area (Å²) in [6.07, 6.45) is 0. The Labute approximate surface area is 178 Å². The summed E-state index contributed by atoms with van der Waals surface area (Å²) in [7, 11) is 2.08. The van der Waals surface area contributed by atoms with Crippen molar-refractivity contribution in [3.63, 3.8) is 0 Å². The molecule has 144 valence electrons. The Morgan fingerprint density at radius 2 is 1.45 bits per heavy atom. The molecule has 6 aromatic rings. The van der Waals surface area contributed by atoms with E-state index in [1.807, 2.05) is 36.4 Å². The Balaban J connectivity index is 1.77. The highest BCUT2D eigenvalue weighted by Crippen LogP contribution is 2.36. The quantitative estimate of drug-likeness (QED) is 0.334. The molecule has 31 heavy (non-hydrogen) atoms. The summed E-state index contributed by atoms with van der Waals surface area (Å²) in [5, 5.41) is 23.6. The second-order valence-electron chi connectivity index (χ2n) is 7.77. The summed E-state index contributed by atoms with van der Waals surface area (Å²) in [6, 6.07) is 30.9. The second-order valence-corrected chi connectivity index (χ2v) is 7.77. The number of nitriles is 2. The van der Waals surface area contributed by atoms with Gasteiger partial charge in [0.15, 0.2) is 0 Å². The third-order valence-electron chi connectivity index (χ3n) is 6.19. The van der Waals surface area contributed by atoms with Gasteiger partial charge < -0.3 is 9.13 Å². The highest BCUT2D eigenvalue weighted by atomic mass is 15.0. The third kappa shape index (κ3) is 2.28. The average Bonchev–Trinajstić information content (AvgIpc) is 3.31. The number of hydrogen-bond donors (Lipinski definition) is 0. The van der Waals surface area contributed by atoms with E-state index in [0.717, 1.165) is 33.0 Å². The number of aromatic nitrogens is 2. The van der Waals surface area contributed by atoms with Crippen LogP contribution in [0.1, 0.15) is 11.1 Å². The first kappa shape index (κ1) is 17.3. The lowest BCUT2D eigenvalue weighted by molar-refractivity contribution is 1.01. The largest absolute Gasteiger partial charge is 0.344 e. The van der Waals surface area contributed by atoms with Crippen molar-refractivity contribution < 1.29 is 0 Å². The van der Waals surface area contributed by atoms with Crippen molar-refractivity contribution in [2.24, 2.45) is 7.05 Å². The maximum atomic E-state index is 9.82. The number of benzene rings is 4. The number of para-hydroxylation sites is 2. The minimum atomic E-state index is 0.609. The molecule has 0 spiro atoms. The smallest absolute Gasteiger partial charge is 0.101 e. The predicted octanol–water partition coefficient (Wildman–Crippen LogP) is 6.17. The summed E-state index contributed by atoms with van der Waals surface area (Å²) in [5.41, 5.74) is 6.39. The highest BCUT2D eigenvalue weighted by molar-refractivity contribution is 6.12. The van der Waals surface area contributed by atoms with E-state index in [1.165, 1.54) is 16.3 Å². The van der Waals surface area contributed by atoms with Crippen LogP contribution in [-0.4, -0.2) is 9.13 Å². The zero-order chi connectivity index (χ0) is 21.1. The van der Waals surface area contributed by atoms with E-state index in [4.69, 9.17) is 0 Å². The van der Waals surface area contributed by atoms with Gasteiger partial charge in [-0.15, -0.1) is 0 Å². The maximum Gasteiger partial charge on any atom is 0.101 e. The lowest BCUT2D eigenvalue weighted by Gasteiger charge is -2.10. The third-order valence-corrected chi connectivity index (χ3v) is 6.19. The first-order chi connectivity index (χ1) is 15.2. The summed E-state index contributed by atoms with van der Waals surface area (Å²) in [5.74, 6) is 0. The molecule has 4 heteroatoms. The van der Waals surface area contributed by atoms with E-state index in [0.29, 0.717) is 11.1 Å². The van der Waals surface area contributed by atoms with E-state index < -0.39 is 0 Å². The molecule has 0 bridgehead atoms. The normalized spacial score (nSPS) is 11.3. The molecule has 0 atom stereocenters. The molecule has 0 saturated carbocycles. The number of fused-ring (bicyclic) bond motifs is 6. The lowest BCUT2D eigenvalue weighted by Crippen LogP contribution is -1.96. The molecule has 0 aliphatic rings. The Morgan fingerprint density at radius 1 is 0.645 bits per heavy atom. The molecular weight excluding hydrogens is 380 g/mol. The minimum Gasteiger partial charge on any atom is -0.344 e. The molecule has 0 saturated heterocycles. The van der Waals surface area contributed by atoms with E-state index >= 15 is 0 Å². The van der Waals surface area contributed by atoms with E-state index in [-0.39, 0.29) is 0 Å². The molecule has 4 aromatic carbocycles. The van der Waals surface area contributed by atoms with Crippen molar-refractivity contribution >= 4 is 43.6 Å². The van der Waals surface area contributed by atoms with Crippen LogP contribution in [0.4, 0.5) is 0 Å². The Bertz CT molecular complexity index is 1770. The summed E-state index contributed by atoms with van der Waals surface area (Å²) in [4.78, 5) is 0. The van der Waals surface area contributed by atoms with Crippen LogP contribution in [-0.2, 0) is 7.05 Å². The van der Waals surface area contributed by atoms with Crippen molar-refractivity contribution in [1.82, 2.24) is 9.13 Å². The minimum absolute atomic E-state index is 0.609. The first-order valence-electron chi connectivity index (χ1n) is 10.1. The molecule has 0 radical (unpaired) electrons. The molecule has 0 unspecified atom stereocenters. The molecule has 6 rings (SSSR count). The van der Waals surface area contributed by atoms with Crippen molar-refractivity contribution in [1.29, 1.82) is 10.5 Å². The van der Waals surface area contributed by atoms with Gasteiger partial charge in [-0.1, -0.05) is 36.4 Å². The number of aryl methyl sites for hydroxylation is 1. The summed E-state index contributed by atoms with van der Waals surface area (Å²) < 4.78 is 4.35. The molecule has 0 aliphatic heterocycles. The van der Waals surface area contributed by atoms with E-state index in [9.17, 15) is 10.5 Å². The fourth-order valence-electron chi connectivity index (χ4n) is 4.78. The lowest BCUT2D eigenvalue weighted by atomic mass is 10.1. The van der Waals surface area contributed by atoms with E-state index in [2.05, 4.69) is 70.8 Å². The molecule has 2 aromatic heterocycles. The van der Waals surface area contributed by atoms with E-state index in [1.54, 1.807) is 0 Å². The monoisotopic (exact) mass is 396 g/mol. The van der Waals surface area contributed by atoms with Crippen molar-refractivity contribution in [3.05, 3.63) is 90.0 Å². The topological polar surface area (TPSA) is 57.4 Å². The molecule has 0 aliphatic carbocycles. The van der Waals surface area contributed by atoms with Gasteiger partial charge in [-0.25, -0.2) is 0 Å². The molecular formula is C27H16N4. The standard InChI is InChI=1S/C27H16N4/c1-30-24-8-3-2-6-20(24)21-11-10-19(14-26(21)30)31-25-12-9-17(15-28)13-23(25)22-7-4-5-18(16-29)27(22)31/h2-14H,1H3. The van der Waals surface area contributed by atoms with Gasteiger partial charge in [0.1, 0.15) is 6.07 Å². The van der Waals surface area contributed by atoms with Crippen LogP contribution >= 0.6 is 0 Å². The molecule has 0 amide bonds. The highest BCUT2D eigenvalue weighted by Gasteiger charge is 2.17. The van der Waals surface area contributed by atoms with Gasteiger partial charge >= 0.3 is 0 Å². The van der Waals surface area contributed by atoms with Crippen LogP contribution in [0, 0.1) is 22.7 Å². The van der Waals surface area contributed by atoms with Crippen LogP contribution in [0.15, 0.2) is 78.9 Å². The van der Waals surface area contributed by atoms with Gasteiger partial charge in [0.2, 0.25) is 0 Å². The maximum absolute atomic E-state index is 9.82. The van der Waals surface area contributed by atoms with Crippen LogP contribution in [0.3, 0.4) is 0 Å². The fraction of sp³-hybridized carbons (Fsp3) is 0.0370.